The van der Waals surface area contributed by atoms with E-state index >= 15 is 0 Å². The Morgan fingerprint density at radius 2 is 0.649 bits per heavy atom. The van der Waals surface area contributed by atoms with E-state index in [1.54, 1.807) is 0 Å². The minimum absolute atomic E-state index is 0. The molecule has 0 aliphatic heterocycles. The fraction of sp³-hybridized carbons (Fsp3) is 1.00. The summed E-state index contributed by atoms with van der Waals surface area (Å²) in [5.74, 6) is 3.91. The molecule has 0 spiro atoms. The van der Waals surface area contributed by atoms with Crippen molar-refractivity contribution < 1.29 is 43.8 Å². The van der Waals surface area contributed by atoms with E-state index in [4.69, 9.17) is 0 Å². The summed E-state index contributed by atoms with van der Waals surface area (Å²) in [4.78, 5) is 0. The molecule has 0 saturated heterocycles. The standard InChI is InChI=1S/C23H48.B2.4B.8H2O/c1-7-13-14-15-16-23(18-21(10-4)11-5)19-22(12-6)17-20(8-2)9-3;1-2;;;;;;;;;;;;/h20-23H,7-19H2,1-6H3;;;;;;8*1H2. The Kier molecular flexibility index (Phi) is 173. The van der Waals surface area contributed by atoms with Gasteiger partial charge in [-0.2, -0.15) is 0 Å². The largest absolute Gasteiger partial charge is 0.412 e. The normalized spacial score (nSPS) is 9.19. The summed E-state index contributed by atoms with van der Waals surface area (Å²) in [6.45, 7) is 14.3. The second-order valence-electron chi connectivity index (χ2n) is 8.06. The van der Waals surface area contributed by atoms with E-state index in [2.05, 4.69) is 57.0 Å². The molecule has 16 radical (unpaired) electrons. The van der Waals surface area contributed by atoms with Crippen molar-refractivity contribution in [2.45, 2.75) is 125 Å². The van der Waals surface area contributed by atoms with Crippen molar-refractivity contribution in [3.05, 3.63) is 0 Å². The second kappa shape index (κ2) is 70.6. The third-order valence-corrected chi connectivity index (χ3v) is 6.35. The molecule has 14 heteroatoms. The summed E-state index contributed by atoms with van der Waals surface area (Å²) >= 11 is 0. The summed E-state index contributed by atoms with van der Waals surface area (Å²) < 4.78 is 0. The molecule has 0 aromatic heterocycles. The topological polar surface area (TPSA) is 252 Å². The molecular weight excluding hydrogens is 469 g/mol. The van der Waals surface area contributed by atoms with Crippen LogP contribution in [0.4, 0.5) is 0 Å². The van der Waals surface area contributed by atoms with Gasteiger partial charge in [0.05, 0.1) is 0 Å². The average molecular weight is 534 g/mol. The molecule has 16 N–H and O–H groups in total. The van der Waals surface area contributed by atoms with E-state index in [1.165, 1.54) is 83.5 Å². The van der Waals surface area contributed by atoms with Crippen molar-refractivity contribution >= 4 is 49.1 Å². The minimum atomic E-state index is 0. The highest BCUT2D eigenvalue weighted by molar-refractivity contribution is 6.75. The molecule has 2 unspecified atom stereocenters. The van der Waals surface area contributed by atoms with Crippen molar-refractivity contribution in [3.8, 4) is 0 Å². The van der Waals surface area contributed by atoms with Crippen LogP contribution in [0, 0.1) is 23.7 Å². The zero-order valence-corrected chi connectivity index (χ0v) is 25.0. The molecule has 0 aromatic carbocycles. The summed E-state index contributed by atoms with van der Waals surface area (Å²) in [5.41, 5.74) is 0. The van der Waals surface area contributed by atoms with Crippen LogP contribution in [0.25, 0.3) is 0 Å². The van der Waals surface area contributed by atoms with Gasteiger partial charge < -0.3 is 43.8 Å². The number of hydrogen-bond acceptors (Lipinski definition) is 0. The van der Waals surface area contributed by atoms with Gasteiger partial charge in [-0.05, 0) is 42.9 Å². The van der Waals surface area contributed by atoms with Crippen LogP contribution >= 0.6 is 0 Å². The predicted octanol–water partition coefficient (Wildman–Crippen LogP) is -0.240. The van der Waals surface area contributed by atoms with E-state index in [0.29, 0.717) is 0 Å². The highest BCUT2D eigenvalue weighted by atomic mass is 16.0. The number of unbranched alkanes of at least 4 members (excludes halogenated alkanes) is 3. The Bertz CT molecular complexity index is 273. The molecular formula is C23H64B6O8. The maximum Gasteiger partial charge on any atom is 0 e. The predicted molar refractivity (Wildman–Crippen MR) is 171 cm³/mol. The first kappa shape index (κ1) is 90.6. The quantitative estimate of drug-likeness (QED) is 0.184. The lowest BCUT2D eigenvalue weighted by molar-refractivity contribution is 0.239. The van der Waals surface area contributed by atoms with Crippen LogP contribution in [0.1, 0.15) is 125 Å². The second-order valence-corrected chi connectivity index (χ2v) is 8.06. The third-order valence-electron chi connectivity index (χ3n) is 6.35. The molecule has 2 atom stereocenters. The van der Waals surface area contributed by atoms with E-state index in [-0.39, 0.29) is 77.5 Å². The van der Waals surface area contributed by atoms with Gasteiger partial charge in [0, 0.05) is 49.1 Å². The zero-order valence-electron chi connectivity index (χ0n) is 25.0. The fourth-order valence-electron chi connectivity index (χ4n) is 4.28. The van der Waals surface area contributed by atoms with Crippen molar-refractivity contribution in [2.75, 3.05) is 0 Å². The summed E-state index contributed by atoms with van der Waals surface area (Å²) in [6, 6.07) is 0. The lowest BCUT2D eigenvalue weighted by atomic mass is 9.78. The highest BCUT2D eigenvalue weighted by Crippen LogP contribution is 2.33. The van der Waals surface area contributed by atoms with Crippen molar-refractivity contribution in [3.63, 3.8) is 0 Å². The first-order chi connectivity index (χ1) is 12.1. The Labute approximate surface area is 241 Å². The molecule has 0 aromatic rings. The number of rotatable bonds is 16. The zero-order chi connectivity index (χ0) is 19.5. The molecule has 222 valence electrons. The Hall–Kier alpha value is 0.0696. The number of hydrogen-bond donors (Lipinski definition) is 0. The van der Waals surface area contributed by atoms with Gasteiger partial charge in [0.2, 0.25) is 0 Å². The molecule has 0 fully saturated rings. The molecule has 0 bridgehead atoms. The molecule has 0 aliphatic rings. The Morgan fingerprint density at radius 3 is 0.919 bits per heavy atom. The van der Waals surface area contributed by atoms with Gasteiger partial charge in [-0.3, -0.25) is 0 Å². The molecule has 8 nitrogen and oxygen atoms in total. The van der Waals surface area contributed by atoms with Crippen molar-refractivity contribution in [1.82, 2.24) is 0 Å². The lowest BCUT2D eigenvalue weighted by Gasteiger charge is -2.28. The molecule has 0 aliphatic carbocycles. The van der Waals surface area contributed by atoms with Crippen LogP contribution in [-0.2, 0) is 0 Å². The van der Waals surface area contributed by atoms with Crippen LogP contribution < -0.4 is 0 Å². The van der Waals surface area contributed by atoms with Gasteiger partial charge in [-0.15, -0.1) is 0 Å². The van der Waals surface area contributed by atoms with E-state index in [1.807, 2.05) is 0 Å². The summed E-state index contributed by atoms with van der Waals surface area (Å²) in [5, 5.41) is 0. The third kappa shape index (κ3) is 53.1. The van der Waals surface area contributed by atoms with Crippen molar-refractivity contribution in [1.29, 1.82) is 0 Å². The van der Waals surface area contributed by atoms with Gasteiger partial charge in [0.25, 0.3) is 0 Å². The summed E-state index contributed by atoms with van der Waals surface area (Å²) in [7, 11) is 8.00. The van der Waals surface area contributed by atoms with E-state index < -0.39 is 0 Å². The van der Waals surface area contributed by atoms with Crippen LogP contribution in [0.5, 0.6) is 0 Å². The van der Waals surface area contributed by atoms with Crippen LogP contribution in [0.2, 0.25) is 0 Å². The lowest BCUT2D eigenvalue weighted by Crippen LogP contribution is -2.15. The van der Waals surface area contributed by atoms with Gasteiger partial charge in [-0.25, -0.2) is 0 Å². The first-order valence-electron chi connectivity index (χ1n) is 11.5. The van der Waals surface area contributed by atoms with Gasteiger partial charge >= 0.3 is 0 Å². The Morgan fingerprint density at radius 1 is 0.378 bits per heavy atom. The van der Waals surface area contributed by atoms with E-state index in [9.17, 15) is 0 Å². The van der Waals surface area contributed by atoms with Crippen LogP contribution in [0.15, 0.2) is 0 Å². The van der Waals surface area contributed by atoms with Gasteiger partial charge in [0.15, 0.2) is 0 Å². The smallest absolute Gasteiger partial charge is 0 e. The maximum absolute atomic E-state index is 4.00. The Balaban J connectivity index is -0.0000000307. The molecule has 0 heterocycles. The SMILES string of the molecule is CCCCCCC(CC(CC)CC)CC(CC)CC(CC)CC.O.O.O.O.O.O.O.O.[B].[B].[B].[B].[B][B]. The highest BCUT2D eigenvalue weighted by Gasteiger charge is 2.20. The maximum atomic E-state index is 4.00. The fourth-order valence-corrected chi connectivity index (χ4v) is 4.28. The molecule has 0 amide bonds. The van der Waals surface area contributed by atoms with Crippen LogP contribution in [0.3, 0.4) is 0 Å². The van der Waals surface area contributed by atoms with Gasteiger partial charge in [-0.1, -0.05) is 106 Å². The minimum Gasteiger partial charge on any atom is -0.412 e. The molecule has 0 saturated carbocycles. The monoisotopic (exact) mass is 535 g/mol. The summed E-state index contributed by atoms with van der Waals surface area (Å²) in [6.07, 6.45) is 18.6. The van der Waals surface area contributed by atoms with E-state index in [0.717, 1.165) is 23.7 Å². The first-order valence-corrected chi connectivity index (χ1v) is 11.5. The van der Waals surface area contributed by atoms with Crippen LogP contribution in [-0.4, -0.2) is 92.9 Å². The average Bonchev–Trinajstić information content (AvgIpc) is 2.67. The molecule has 37 heavy (non-hydrogen) atoms. The van der Waals surface area contributed by atoms with Gasteiger partial charge in [0.1, 0.15) is 0 Å². The van der Waals surface area contributed by atoms with Crippen molar-refractivity contribution in [2.24, 2.45) is 23.7 Å². The molecule has 0 rings (SSSR count).